The van der Waals surface area contributed by atoms with E-state index in [0.29, 0.717) is 12.2 Å². The van der Waals surface area contributed by atoms with Crippen LogP contribution in [0.25, 0.3) is 5.69 Å². The number of halogens is 1. The Labute approximate surface area is 149 Å². The first-order chi connectivity index (χ1) is 11.5. The molecule has 0 unspecified atom stereocenters. The van der Waals surface area contributed by atoms with Crippen LogP contribution in [0.4, 0.5) is 5.82 Å². The number of benzene rings is 2. The maximum absolute atomic E-state index is 12.4. The van der Waals surface area contributed by atoms with Crippen molar-refractivity contribution in [3.05, 3.63) is 75.9 Å². The number of aromatic nitrogens is 2. The van der Waals surface area contributed by atoms with Gasteiger partial charge in [-0.15, -0.1) is 0 Å². The van der Waals surface area contributed by atoms with Crippen LogP contribution in [0.3, 0.4) is 0 Å². The Bertz CT molecular complexity index is 869. The fourth-order valence-electron chi connectivity index (χ4n) is 2.47. The van der Waals surface area contributed by atoms with E-state index in [0.717, 1.165) is 21.4 Å². The van der Waals surface area contributed by atoms with Crippen LogP contribution < -0.4 is 5.32 Å². The van der Waals surface area contributed by atoms with E-state index < -0.39 is 0 Å². The molecule has 2 aromatic carbocycles. The van der Waals surface area contributed by atoms with Crippen LogP contribution in [0, 0.1) is 13.8 Å². The Kier molecular flexibility index (Phi) is 4.81. The number of carbonyl (C=O) groups is 1. The SMILES string of the molecule is Cc1ccc(CC(=O)Nc2cc(C)nn2-c2cccc(Br)c2)cc1. The van der Waals surface area contributed by atoms with Crippen molar-refractivity contribution in [3.63, 3.8) is 0 Å². The normalized spacial score (nSPS) is 10.6. The lowest BCUT2D eigenvalue weighted by atomic mass is 10.1. The Morgan fingerprint density at radius 2 is 1.88 bits per heavy atom. The first-order valence-corrected chi connectivity index (χ1v) is 8.48. The van der Waals surface area contributed by atoms with Gasteiger partial charge >= 0.3 is 0 Å². The molecule has 1 heterocycles. The van der Waals surface area contributed by atoms with E-state index >= 15 is 0 Å². The number of nitrogens with one attached hydrogen (secondary N) is 1. The highest BCUT2D eigenvalue weighted by molar-refractivity contribution is 9.10. The number of nitrogens with zero attached hydrogens (tertiary/aromatic N) is 2. The van der Waals surface area contributed by atoms with Crippen molar-refractivity contribution in [1.82, 2.24) is 9.78 Å². The topological polar surface area (TPSA) is 46.9 Å². The van der Waals surface area contributed by atoms with E-state index in [1.165, 1.54) is 5.56 Å². The minimum atomic E-state index is -0.0602. The van der Waals surface area contributed by atoms with Gasteiger partial charge in [0.25, 0.3) is 0 Å². The lowest BCUT2D eigenvalue weighted by Crippen LogP contribution is -2.17. The summed E-state index contributed by atoms with van der Waals surface area (Å²) in [6, 6.07) is 17.7. The summed E-state index contributed by atoms with van der Waals surface area (Å²) in [5.41, 5.74) is 3.91. The van der Waals surface area contributed by atoms with Gasteiger partial charge in [0.05, 0.1) is 17.8 Å². The average molecular weight is 384 g/mol. The fraction of sp³-hybridized carbons (Fsp3) is 0.158. The highest BCUT2D eigenvalue weighted by atomic mass is 79.9. The average Bonchev–Trinajstić information content (AvgIpc) is 2.90. The molecule has 3 aromatic rings. The molecule has 0 fully saturated rings. The fourth-order valence-corrected chi connectivity index (χ4v) is 2.86. The van der Waals surface area contributed by atoms with Gasteiger partial charge in [0.15, 0.2) is 0 Å². The van der Waals surface area contributed by atoms with Crippen molar-refractivity contribution in [3.8, 4) is 5.69 Å². The monoisotopic (exact) mass is 383 g/mol. The number of hydrogen-bond donors (Lipinski definition) is 1. The largest absolute Gasteiger partial charge is 0.310 e. The summed E-state index contributed by atoms with van der Waals surface area (Å²) in [5, 5.41) is 7.43. The van der Waals surface area contributed by atoms with E-state index in [4.69, 9.17) is 0 Å². The molecule has 122 valence electrons. The van der Waals surface area contributed by atoms with Gasteiger partial charge < -0.3 is 5.32 Å². The summed E-state index contributed by atoms with van der Waals surface area (Å²) in [5.74, 6) is 0.609. The summed E-state index contributed by atoms with van der Waals surface area (Å²) < 4.78 is 2.71. The third-order valence-electron chi connectivity index (χ3n) is 3.64. The molecular formula is C19H18BrN3O. The van der Waals surface area contributed by atoms with Crippen LogP contribution >= 0.6 is 15.9 Å². The molecule has 0 aliphatic heterocycles. The number of carbonyl (C=O) groups excluding carboxylic acids is 1. The maximum atomic E-state index is 12.4. The van der Waals surface area contributed by atoms with E-state index in [1.807, 2.05) is 68.4 Å². The summed E-state index contributed by atoms with van der Waals surface area (Å²) >= 11 is 3.46. The predicted molar refractivity (Wildman–Crippen MR) is 99.5 cm³/mol. The molecule has 0 atom stereocenters. The Morgan fingerprint density at radius 3 is 2.58 bits per heavy atom. The quantitative estimate of drug-likeness (QED) is 0.723. The number of aryl methyl sites for hydroxylation is 2. The van der Waals surface area contributed by atoms with Crippen LogP contribution in [0.1, 0.15) is 16.8 Å². The second-order valence-corrected chi connectivity index (χ2v) is 6.69. The third kappa shape index (κ3) is 3.92. The van der Waals surface area contributed by atoms with Crippen LogP contribution in [-0.2, 0) is 11.2 Å². The molecule has 5 heteroatoms. The molecule has 0 saturated heterocycles. The number of anilines is 1. The zero-order valence-corrected chi connectivity index (χ0v) is 15.2. The smallest absolute Gasteiger partial charge is 0.229 e. The van der Waals surface area contributed by atoms with Crippen LogP contribution in [-0.4, -0.2) is 15.7 Å². The molecule has 0 aliphatic rings. The third-order valence-corrected chi connectivity index (χ3v) is 4.13. The molecule has 3 rings (SSSR count). The summed E-state index contributed by atoms with van der Waals surface area (Å²) in [4.78, 5) is 12.4. The number of amides is 1. The van der Waals surface area contributed by atoms with E-state index in [2.05, 4.69) is 26.3 Å². The van der Waals surface area contributed by atoms with Crippen molar-refractivity contribution in [1.29, 1.82) is 0 Å². The van der Waals surface area contributed by atoms with Gasteiger partial charge in [0, 0.05) is 10.5 Å². The molecule has 0 aliphatic carbocycles. The van der Waals surface area contributed by atoms with Gasteiger partial charge in [0.2, 0.25) is 5.91 Å². The van der Waals surface area contributed by atoms with Gasteiger partial charge in [-0.3, -0.25) is 4.79 Å². The minimum Gasteiger partial charge on any atom is -0.310 e. The van der Waals surface area contributed by atoms with Crippen molar-refractivity contribution in [2.24, 2.45) is 0 Å². The second-order valence-electron chi connectivity index (χ2n) is 5.77. The Morgan fingerprint density at radius 1 is 1.12 bits per heavy atom. The van der Waals surface area contributed by atoms with Gasteiger partial charge in [-0.2, -0.15) is 5.10 Å². The Hall–Kier alpha value is -2.40. The van der Waals surface area contributed by atoms with Crippen molar-refractivity contribution in [2.45, 2.75) is 20.3 Å². The maximum Gasteiger partial charge on any atom is 0.229 e. The summed E-state index contributed by atoms with van der Waals surface area (Å²) in [6.07, 6.45) is 0.336. The highest BCUT2D eigenvalue weighted by Gasteiger charge is 2.11. The number of hydrogen-bond acceptors (Lipinski definition) is 2. The summed E-state index contributed by atoms with van der Waals surface area (Å²) in [6.45, 7) is 3.94. The molecule has 1 N–H and O–H groups in total. The zero-order chi connectivity index (χ0) is 17.1. The number of rotatable bonds is 4. The van der Waals surface area contributed by atoms with E-state index in [-0.39, 0.29) is 5.91 Å². The lowest BCUT2D eigenvalue weighted by molar-refractivity contribution is -0.115. The van der Waals surface area contributed by atoms with Gasteiger partial charge in [-0.25, -0.2) is 4.68 Å². The first-order valence-electron chi connectivity index (χ1n) is 7.69. The molecule has 24 heavy (non-hydrogen) atoms. The lowest BCUT2D eigenvalue weighted by Gasteiger charge is -2.09. The molecular weight excluding hydrogens is 366 g/mol. The predicted octanol–water partition coefficient (Wildman–Crippen LogP) is 4.43. The van der Waals surface area contributed by atoms with E-state index in [1.54, 1.807) is 4.68 Å². The first kappa shape index (κ1) is 16.5. The molecule has 0 saturated carbocycles. The van der Waals surface area contributed by atoms with Crippen molar-refractivity contribution >= 4 is 27.7 Å². The second kappa shape index (κ2) is 7.01. The standard InChI is InChI=1S/C19H18BrN3O/c1-13-6-8-15(9-7-13)11-19(24)21-18-10-14(2)22-23(18)17-5-3-4-16(20)12-17/h3-10,12H,11H2,1-2H3,(H,21,24). The molecule has 1 amide bonds. The van der Waals surface area contributed by atoms with Crippen molar-refractivity contribution in [2.75, 3.05) is 5.32 Å². The van der Waals surface area contributed by atoms with Gasteiger partial charge in [-0.1, -0.05) is 51.8 Å². The molecule has 1 aromatic heterocycles. The van der Waals surface area contributed by atoms with Crippen LogP contribution in [0.15, 0.2) is 59.1 Å². The van der Waals surface area contributed by atoms with Crippen LogP contribution in [0.2, 0.25) is 0 Å². The van der Waals surface area contributed by atoms with Gasteiger partial charge in [0.1, 0.15) is 5.82 Å². The van der Waals surface area contributed by atoms with Crippen molar-refractivity contribution < 1.29 is 4.79 Å². The molecule has 0 spiro atoms. The Balaban J connectivity index is 1.80. The zero-order valence-electron chi connectivity index (χ0n) is 13.6. The molecule has 0 radical (unpaired) electrons. The molecule has 0 bridgehead atoms. The van der Waals surface area contributed by atoms with Crippen LogP contribution in [0.5, 0.6) is 0 Å². The molecule has 4 nitrogen and oxygen atoms in total. The minimum absolute atomic E-state index is 0.0602. The summed E-state index contributed by atoms with van der Waals surface area (Å²) in [7, 11) is 0. The van der Waals surface area contributed by atoms with E-state index in [9.17, 15) is 4.79 Å². The van der Waals surface area contributed by atoms with Gasteiger partial charge in [-0.05, 0) is 37.6 Å². The highest BCUT2D eigenvalue weighted by Crippen LogP contribution is 2.20.